The van der Waals surface area contributed by atoms with E-state index in [1.165, 1.54) is 0 Å². The summed E-state index contributed by atoms with van der Waals surface area (Å²) < 4.78 is 5.44. The number of aromatic nitrogens is 2. The summed E-state index contributed by atoms with van der Waals surface area (Å²) in [6, 6.07) is 7.41. The minimum atomic E-state index is -0.117. The fraction of sp³-hybridized carbons (Fsp3) is 0.368. The number of piperazine rings is 1. The zero-order valence-electron chi connectivity index (χ0n) is 15.0. The average molecular weight is 367 g/mol. The maximum atomic E-state index is 12.6. The van der Waals surface area contributed by atoms with Crippen LogP contribution in [0.1, 0.15) is 6.42 Å². The first-order valence-corrected chi connectivity index (χ1v) is 9.03. The van der Waals surface area contributed by atoms with Gasteiger partial charge in [-0.1, -0.05) is 12.1 Å². The van der Waals surface area contributed by atoms with E-state index in [1.54, 1.807) is 23.5 Å². The summed E-state index contributed by atoms with van der Waals surface area (Å²) in [4.78, 5) is 38.8. The first kappa shape index (κ1) is 17.3. The van der Waals surface area contributed by atoms with Crippen molar-refractivity contribution in [1.29, 1.82) is 0 Å². The number of ether oxygens (including phenoxy) is 1. The summed E-state index contributed by atoms with van der Waals surface area (Å²) in [6.45, 7) is 3.12. The van der Waals surface area contributed by atoms with Gasteiger partial charge in [0.2, 0.25) is 5.91 Å². The molecule has 0 saturated carbocycles. The number of hydrogen-bond donors (Lipinski definition) is 0. The maximum absolute atomic E-state index is 12.6. The summed E-state index contributed by atoms with van der Waals surface area (Å²) in [7, 11) is 0. The van der Waals surface area contributed by atoms with Crippen LogP contribution in [-0.2, 0) is 9.59 Å². The molecule has 2 aromatic rings. The molecule has 4 rings (SSSR count). The van der Waals surface area contributed by atoms with Crippen LogP contribution in [-0.4, -0.2) is 66.0 Å². The Morgan fingerprint density at radius 2 is 1.93 bits per heavy atom. The van der Waals surface area contributed by atoms with Gasteiger partial charge in [-0.15, -0.1) is 0 Å². The number of amides is 2. The zero-order chi connectivity index (χ0) is 18.6. The minimum absolute atomic E-state index is 0.0159. The van der Waals surface area contributed by atoms with E-state index in [9.17, 15) is 9.59 Å². The molecular weight excluding hydrogens is 346 g/mol. The van der Waals surface area contributed by atoms with Gasteiger partial charge >= 0.3 is 0 Å². The number of nitrogens with zero attached hydrogens (tertiary/aromatic N) is 5. The van der Waals surface area contributed by atoms with E-state index in [4.69, 9.17) is 4.74 Å². The lowest BCUT2D eigenvalue weighted by Gasteiger charge is -2.36. The Bertz CT molecular complexity index is 821. The van der Waals surface area contributed by atoms with Gasteiger partial charge in [0.05, 0.1) is 11.9 Å². The number of carbonyl (C=O) groups is 2. The van der Waals surface area contributed by atoms with Gasteiger partial charge in [-0.3, -0.25) is 14.6 Å². The minimum Gasteiger partial charge on any atom is -0.482 e. The summed E-state index contributed by atoms with van der Waals surface area (Å²) in [6.07, 6.45) is 5.35. The van der Waals surface area contributed by atoms with Crippen molar-refractivity contribution < 1.29 is 14.3 Å². The molecule has 2 aliphatic heterocycles. The van der Waals surface area contributed by atoms with Crippen LogP contribution in [0.5, 0.6) is 5.75 Å². The van der Waals surface area contributed by atoms with Gasteiger partial charge in [-0.05, 0) is 12.1 Å². The van der Waals surface area contributed by atoms with E-state index in [-0.39, 0.29) is 18.4 Å². The molecule has 0 atom stereocenters. The van der Waals surface area contributed by atoms with E-state index >= 15 is 0 Å². The van der Waals surface area contributed by atoms with Crippen molar-refractivity contribution in [3.63, 3.8) is 0 Å². The first-order chi connectivity index (χ1) is 13.2. The van der Waals surface area contributed by atoms with E-state index in [1.807, 2.05) is 29.2 Å². The van der Waals surface area contributed by atoms with Crippen LogP contribution in [0.15, 0.2) is 42.9 Å². The van der Waals surface area contributed by atoms with Gasteiger partial charge in [0.25, 0.3) is 5.91 Å². The standard InChI is InChI=1S/C19H21N5O3/c25-18(23-11-9-22(10-12-23)17-13-20-6-7-21-17)5-8-24-15-3-1-2-4-16(15)27-14-19(24)26/h1-4,6-7,13H,5,8-12,14H2. The quantitative estimate of drug-likeness (QED) is 0.800. The zero-order valence-corrected chi connectivity index (χ0v) is 15.0. The summed E-state index contributed by atoms with van der Waals surface area (Å²) >= 11 is 0. The fourth-order valence-corrected chi connectivity index (χ4v) is 3.40. The van der Waals surface area contributed by atoms with Gasteiger partial charge < -0.3 is 19.4 Å². The lowest BCUT2D eigenvalue weighted by Crippen LogP contribution is -2.50. The Kier molecular flexibility index (Phi) is 4.86. The topological polar surface area (TPSA) is 78.9 Å². The van der Waals surface area contributed by atoms with Crippen LogP contribution in [0.3, 0.4) is 0 Å². The van der Waals surface area contributed by atoms with Crippen molar-refractivity contribution in [2.45, 2.75) is 6.42 Å². The number of hydrogen-bond acceptors (Lipinski definition) is 6. The highest BCUT2D eigenvalue weighted by molar-refractivity contribution is 5.98. The normalized spacial score (nSPS) is 16.7. The molecule has 1 saturated heterocycles. The molecule has 1 aromatic heterocycles. The molecular formula is C19H21N5O3. The summed E-state index contributed by atoms with van der Waals surface area (Å²) in [5, 5.41) is 0. The highest BCUT2D eigenvalue weighted by atomic mass is 16.5. The predicted octanol–water partition coefficient (Wildman–Crippen LogP) is 0.941. The Morgan fingerprint density at radius 1 is 1.11 bits per heavy atom. The largest absolute Gasteiger partial charge is 0.482 e. The van der Waals surface area contributed by atoms with E-state index in [0.717, 1.165) is 24.6 Å². The lowest BCUT2D eigenvalue weighted by atomic mass is 10.2. The maximum Gasteiger partial charge on any atom is 0.265 e. The van der Waals surface area contributed by atoms with Crippen LogP contribution >= 0.6 is 0 Å². The molecule has 8 nitrogen and oxygen atoms in total. The molecule has 0 unspecified atom stereocenters. The van der Waals surface area contributed by atoms with E-state index < -0.39 is 0 Å². The molecule has 0 spiro atoms. The molecule has 0 aliphatic carbocycles. The number of para-hydroxylation sites is 2. The third-order valence-corrected chi connectivity index (χ3v) is 4.86. The van der Waals surface area contributed by atoms with Crippen molar-refractivity contribution in [2.24, 2.45) is 0 Å². The SMILES string of the molecule is O=C(CCN1C(=O)COc2ccccc21)N1CCN(c2cnccn2)CC1. The van der Waals surface area contributed by atoms with Gasteiger partial charge in [-0.2, -0.15) is 0 Å². The third kappa shape index (κ3) is 3.69. The van der Waals surface area contributed by atoms with E-state index in [2.05, 4.69) is 14.9 Å². The van der Waals surface area contributed by atoms with Crippen LogP contribution in [0.4, 0.5) is 11.5 Å². The second kappa shape index (κ2) is 7.61. The van der Waals surface area contributed by atoms with Crippen molar-refractivity contribution in [1.82, 2.24) is 14.9 Å². The molecule has 27 heavy (non-hydrogen) atoms. The number of rotatable bonds is 4. The number of benzene rings is 1. The Balaban J connectivity index is 1.32. The fourth-order valence-electron chi connectivity index (χ4n) is 3.40. The first-order valence-electron chi connectivity index (χ1n) is 9.03. The average Bonchev–Trinajstić information content (AvgIpc) is 2.73. The molecule has 2 aliphatic rings. The van der Waals surface area contributed by atoms with Gasteiger partial charge in [0, 0.05) is 51.5 Å². The van der Waals surface area contributed by atoms with Crippen molar-refractivity contribution in [3.8, 4) is 5.75 Å². The Labute approximate surface area is 157 Å². The van der Waals surface area contributed by atoms with Crippen LogP contribution in [0.25, 0.3) is 0 Å². The van der Waals surface area contributed by atoms with Gasteiger partial charge in [-0.25, -0.2) is 4.98 Å². The highest BCUT2D eigenvalue weighted by Gasteiger charge is 2.27. The lowest BCUT2D eigenvalue weighted by molar-refractivity contribution is -0.131. The number of carbonyl (C=O) groups excluding carboxylic acids is 2. The smallest absolute Gasteiger partial charge is 0.265 e. The molecule has 2 amide bonds. The molecule has 1 aromatic carbocycles. The van der Waals surface area contributed by atoms with E-state index in [0.29, 0.717) is 31.8 Å². The van der Waals surface area contributed by atoms with Crippen LogP contribution < -0.4 is 14.5 Å². The summed E-state index contributed by atoms with van der Waals surface area (Å²) in [5.74, 6) is 1.46. The van der Waals surface area contributed by atoms with Gasteiger partial charge in [0.15, 0.2) is 6.61 Å². The third-order valence-electron chi connectivity index (χ3n) is 4.86. The van der Waals surface area contributed by atoms with Crippen molar-refractivity contribution in [2.75, 3.05) is 49.1 Å². The Hall–Kier alpha value is -3.16. The van der Waals surface area contributed by atoms with Crippen LogP contribution in [0.2, 0.25) is 0 Å². The molecule has 140 valence electrons. The molecule has 0 bridgehead atoms. The van der Waals surface area contributed by atoms with Crippen LogP contribution in [0, 0.1) is 0 Å². The summed E-state index contributed by atoms with van der Waals surface area (Å²) in [5.41, 5.74) is 0.731. The molecule has 1 fully saturated rings. The Morgan fingerprint density at radius 3 is 2.70 bits per heavy atom. The monoisotopic (exact) mass is 367 g/mol. The molecule has 0 radical (unpaired) electrons. The molecule has 0 N–H and O–H groups in total. The van der Waals surface area contributed by atoms with Crippen molar-refractivity contribution in [3.05, 3.63) is 42.9 Å². The highest BCUT2D eigenvalue weighted by Crippen LogP contribution is 2.31. The molecule has 3 heterocycles. The van der Waals surface area contributed by atoms with Gasteiger partial charge in [0.1, 0.15) is 11.6 Å². The number of anilines is 2. The second-order valence-corrected chi connectivity index (χ2v) is 6.48. The van der Waals surface area contributed by atoms with Crippen molar-refractivity contribution >= 4 is 23.3 Å². The number of fused-ring (bicyclic) bond motifs is 1. The molecule has 8 heteroatoms. The predicted molar refractivity (Wildman–Crippen MR) is 99.7 cm³/mol. The second-order valence-electron chi connectivity index (χ2n) is 6.48.